The molecule has 0 radical (unpaired) electrons. The van der Waals surface area contributed by atoms with Gasteiger partial charge in [0.2, 0.25) is 12.7 Å². The fourth-order valence-corrected chi connectivity index (χ4v) is 2.24. The topological polar surface area (TPSA) is 100 Å². The average molecular weight is 377 g/mol. The molecule has 0 amide bonds. The lowest BCUT2D eigenvalue weighted by Gasteiger charge is -2.04. The van der Waals surface area contributed by atoms with Gasteiger partial charge in [0.05, 0.1) is 16.2 Å². The van der Waals surface area contributed by atoms with Gasteiger partial charge in [-0.2, -0.15) is 5.10 Å². The Bertz CT molecular complexity index is 874. The zero-order chi connectivity index (χ0) is 15.6. The van der Waals surface area contributed by atoms with Crippen LogP contribution in [0.2, 0.25) is 0 Å². The van der Waals surface area contributed by atoms with Crippen LogP contribution >= 0.6 is 15.9 Å². The van der Waals surface area contributed by atoms with Crippen molar-refractivity contribution in [3.63, 3.8) is 0 Å². The van der Waals surface area contributed by atoms with Gasteiger partial charge in [-0.25, -0.2) is 9.67 Å². The molecule has 1 aliphatic heterocycles. The van der Waals surface area contributed by atoms with Crippen molar-refractivity contribution in [3.05, 3.63) is 47.3 Å². The monoisotopic (exact) mass is 376 g/mol. The lowest BCUT2D eigenvalue weighted by atomic mass is 10.2. The Hall–Kier alpha value is -2.88. The van der Waals surface area contributed by atoms with Crippen molar-refractivity contribution < 1.29 is 13.9 Å². The van der Waals surface area contributed by atoms with Gasteiger partial charge in [-0.05, 0) is 28.1 Å². The van der Waals surface area contributed by atoms with E-state index in [2.05, 4.69) is 41.5 Å². The van der Waals surface area contributed by atoms with E-state index in [-0.39, 0.29) is 12.8 Å². The van der Waals surface area contributed by atoms with E-state index in [0.717, 1.165) is 4.47 Å². The lowest BCUT2D eigenvalue weighted by molar-refractivity contribution is 0.0820. The van der Waals surface area contributed by atoms with E-state index < -0.39 is 0 Å². The highest BCUT2D eigenvalue weighted by molar-refractivity contribution is 9.10. The molecule has 0 aromatic carbocycles. The molecule has 1 N–H and O–H groups in total. The molecule has 10 heteroatoms. The number of hydrogen-bond acceptors (Lipinski definition) is 8. The molecule has 116 valence electrons. The molecule has 23 heavy (non-hydrogen) atoms. The summed E-state index contributed by atoms with van der Waals surface area (Å²) in [7, 11) is 0. The maximum absolute atomic E-state index is 5.60. The summed E-state index contributed by atoms with van der Waals surface area (Å²) in [6.45, 7) is 0.157. The van der Waals surface area contributed by atoms with Crippen LogP contribution in [0.5, 0.6) is 0 Å². The summed E-state index contributed by atoms with van der Waals surface area (Å²) < 4.78 is 18.1. The van der Waals surface area contributed by atoms with Gasteiger partial charge in [-0.1, -0.05) is 5.10 Å². The molecule has 0 spiro atoms. The van der Waals surface area contributed by atoms with E-state index >= 15 is 0 Å². The van der Waals surface area contributed by atoms with Crippen LogP contribution in [0.3, 0.4) is 0 Å². The minimum atomic E-state index is 0.157. The molecule has 3 aromatic rings. The third-order valence-electron chi connectivity index (χ3n) is 2.91. The maximum atomic E-state index is 5.60. The molecule has 0 bridgehead atoms. The Balaban J connectivity index is 1.67. The van der Waals surface area contributed by atoms with Crippen molar-refractivity contribution >= 4 is 21.9 Å². The van der Waals surface area contributed by atoms with Crippen LogP contribution in [0.1, 0.15) is 0 Å². The van der Waals surface area contributed by atoms with E-state index in [1.54, 1.807) is 29.3 Å². The highest BCUT2D eigenvalue weighted by atomic mass is 79.9. The summed E-state index contributed by atoms with van der Waals surface area (Å²) in [5, 5.41) is 15.0. The highest BCUT2D eigenvalue weighted by Crippen LogP contribution is 2.26. The number of aromatic nitrogens is 5. The zero-order valence-electron chi connectivity index (χ0n) is 11.5. The Kier molecular flexibility index (Phi) is 3.42. The fraction of sp³-hybridized carbons (Fsp3) is 0.0769. The smallest absolute Gasteiger partial charge is 0.322 e. The van der Waals surface area contributed by atoms with Crippen molar-refractivity contribution in [2.24, 2.45) is 0 Å². The maximum Gasteiger partial charge on any atom is 0.322 e. The van der Waals surface area contributed by atoms with Crippen LogP contribution in [0.4, 0.5) is 6.01 Å². The first-order valence-corrected chi connectivity index (χ1v) is 7.30. The molecule has 9 nitrogen and oxygen atoms in total. The van der Waals surface area contributed by atoms with Crippen LogP contribution in [0, 0.1) is 0 Å². The Labute approximate surface area is 138 Å². The van der Waals surface area contributed by atoms with Crippen LogP contribution in [0.25, 0.3) is 17.3 Å². The average Bonchev–Trinajstić information content (AvgIpc) is 3.30. The van der Waals surface area contributed by atoms with Crippen LogP contribution in [0.15, 0.2) is 51.8 Å². The summed E-state index contributed by atoms with van der Waals surface area (Å²) in [5.74, 6) is 1.29. The Morgan fingerprint density at radius 2 is 2.26 bits per heavy atom. The third-order valence-corrected chi connectivity index (χ3v) is 3.32. The molecule has 0 fully saturated rings. The van der Waals surface area contributed by atoms with E-state index in [1.165, 1.54) is 6.26 Å². The second kappa shape index (κ2) is 5.72. The molecule has 0 aliphatic carbocycles. The lowest BCUT2D eigenvalue weighted by Crippen LogP contribution is -2.00. The largest absolute Gasteiger partial charge is 0.459 e. The van der Waals surface area contributed by atoms with Crippen molar-refractivity contribution in [2.45, 2.75) is 0 Å². The number of hydrogen-bond donors (Lipinski definition) is 1. The van der Waals surface area contributed by atoms with Gasteiger partial charge in [0, 0.05) is 12.4 Å². The van der Waals surface area contributed by atoms with Gasteiger partial charge >= 0.3 is 6.01 Å². The number of halogens is 1. The van der Waals surface area contributed by atoms with Crippen LogP contribution in [-0.2, 0) is 9.47 Å². The number of anilines is 1. The second-order valence-electron chi connectivity index (χ2n) is 4.43. The first-order valence-electron chi connectivity index (χ1n) is 6.50. The molecule has 0 saturated heterocycles. The van der Waals surface area contributed by atoms with Gasteiger partial charge in [0.25, 0.3) is 5.89 Å². The molecule has 1 aliphatic rings. The third kappa shape index (κ3) is 2.75. The Morgan fingerprint density at radius 1 is 1.30 bits per heavy atom. The van der Waals surface area contributed by atoms with E-state index in [0.29, 0.717) is 23.2 Å². The first-order chi connectivity index (χ1) is 11.3. The molecule has 3 aromatic heterocycles. The van der Waals surface area contributed by atoms with Crippen LogP contribution in [-0.4, -0.2) is 31.8 Å². The standard InChI is InChI=1S/C13H9BrN6O3/c14-8-4-16-20(5-8)11-9(2-1-3-15-11)12-18-19-13(23-12)17-10-6-21-7-22-10/h1-6H,7H2,(H,17,19). The van der Waals surface area contributed by atoms with Gasteiger partial charge in [0.15, 0.2) is 5.82 Å². The molecular formula is C13H9BrN6O3. The van der Waals surface area contributed by atoms with E-state index in [9.17, 15) is 0 Å². The van der Waals surface area contributed by atoms with Crippen molar-refractivity contribution in [2.75, 3.05) is 12.1 Å². The fourth-order valence-electron chi connectivity index (χ4n) is 1.96. The van der Waals surface area contributed by atoms with Crippen molar-refractivity contribution in [1.29, 1.82) is 0 Å². The number of ether oxygens (including phenoxy) is 2. The van der Waals surface area contributed by atoms with Crippen molar-refractivity contribution in [1.82, 2.24) is 25.0 Å². The summed E-state index contributed by atoms with van der Waals surface area (Å²) in [6, 6.07) is 3.79. The summed E-state index contributed by atoms with van der Waals surface area (Å²) in [4.78, 5) is 4.33. The molecular weight excluding hydrogens is 368 g/mol. The first kappa shape index (κ1) is 13.8. The number of pyridine rings is 1. The molecule has 4 rings (SSSR count). The normalized spacial score (nSPS) is 13.3. The Morgan fingerprint density at radius 3 is 3.04 bits per heavy atom. The molecule has 0 atom stereocenters. The minimum absolute atomic E-state index is 0.157. The zero-order valence-corrected chi connectivity index (χ0v) is 13.1. The summed E-state index contributed by atoms with van der Waals surface area (Å²) in [6.07, 6.45) is 6.55. The number of rotatable bonds is 4. The van der Waals surface area contributed by atoms with Gasteiger partial charge in [-0.3, -0.25) is 5.32 Å². The SMILES string of the molecule is Brc1cnn(-c2ncccc2-c2nnc(NC3=COCO3)o2)c1. The predicted molar refractivity (Wildman–Crippen MR) is 81.1 cm³/mol. The number of nitrogens with zero attached hydrogens (tertiary/aromatic N) is 5. The second-order valence-corrected chi connectivity index (χ2v) is 5.34. The van der Waals surface area contributed by atoms with Gasteiger partial charge < -0.3 is 13.9 Å². The van der Waals surface area contributed by atoms with Crippen LogP contribution < -0.4 is 5.32 Å². The minimum Gasteiger partial charge on any atom is -0.459 e. The molecule has 0 unspecified atom stereocenters. The quantitative estimate of drug-likeness (QED) is 0.739. The summed E-state index contributed by atoms with van der Waals surface area (Å²) >= 11 is 3.36. The molecule has 4 heterocycles. The van der Waals surface area contributed by atoms with E-state index in [4.69, 9.17) is 13.9 Å². The predicted octanol–water partition coefficient (Wildman–Crippen LogP) is 2.29. The van der Waals surface area contributed by atoms with Gasteiger partial charge in [-0.15, -0.1) is 5.10 Å². The highest BCUT2D eigenvalue weighted by Gasteiger charge is 2.17. The number of nitrogens with one attached hydrogen (secondary N) is 1. The van der Waals surface area contributed by atoms with Gasteiger partial charge in [0.1, 0.15) is 6.26 Å². The van der Waals surface area contributed by atoms with Crippen molar-refractivity contribution in [3.8, 4) is 17.3 Å². The summed E-state index contributed by atoms with van der Waals surface area (Å²) in [5.41, 5.74) is 0.654. The van der Waals surface area contributed by atoms with E-state index in [1.807, 2.05) is 6.07 Å². The molecule has 0 saturated carbocycles.